The first-order valence-corrected chi connectivity index (χ1v) is 8.69. The molecule has 1 aliphatic heterocycles. The standard InChI is InChI=1S/C17H31NO6/c1-5-21-14(19)12-13(23-15-8-6-7-11-22-15)9-10-18-16(20)24-17(2,3)4/h13,15H,5-12H2,1-4H3,(H,18,20)/t13-,15?/m1/s1. The SMILES string of the molecule is CCOC(=O)C[C@@H](CCNC(=O)OC(C)(C)C)OC1CCCCO1. The molecule has 0 radical (unpaired) electrons. The van der Waals surface area contributed by atoms with Crippen molar-refractivity contribution in [3.05, 3.63) is 0 Å². The summed E-state index contributed by atoms with van der Waals surface area (Å²) in [7, 11) is 0. The van der Waals surface area contributed by atoms with Gasteiger partial charge in [-0.1, -0.05) is 0 Å². The maximum absolute atomic E-state index is 11.7. The fourth-order valence-electron chi connectivity index (χ4n) is 2.31. The molecule has 1 N–H and O–H groups in total. The number of rotatable bonds is 8. The Kier molecular flexibility index (Phi) is 9.07. The zero-order valence-corrected chi connectivity index (χ0v) is 15.3. The minimum atomic E-state index is -0.541. The molecular formula is C17H31NO6. The van der Waals surface area contributed by atoms with E-state index in [1.54, 1.807) is 27.7 Å². The maximum Gasteiger partial charge on any atom is 0.407 e. The second kappa shape index (κ2) is 10.5. The molecule has 1 amide bonds. The second-order valence-corrected chi connectivity index (χ2v) is 6.78. The summed E-state index contributed by atoms with van der Waals surface area (Å²) < 4.78 is 21.6. The molecule has 1 heterocycles. The lowest BCUT2D eigenvalue weighted by atomic mass is 10.1. The third-order valence-corrected chi connectivity index (χ3v) is 3.32. The molecule has 1 rings (SSSR count). The number of alkyl carbamates (subject to hydrolysis) is 1. The number of amides is 1. The molecule has 0 aromatic rings. The van der Waals surface area contributed by atoms with Crippen LogP contribution in [-0.2, 0) is 23.7 Å². The van der Waals surface area contributed by atoms with E-state index in [0.717, 1.165) is 19.3 Å². The molecule has 0 bridgehead atoms. The summed E-state index contributed by atoms with van der Waals surface area (Å²) in [4.78, 5) is 23.4. The Morgan fingerprint density at radius 3 is 2.62 bits per heavy atom. The van der Waals surface area contributed by atoms with E-state index in [1.807, 2.05) is 0 Å². The maximum atomic E-state index is 11.7. The highest BCUT2D eigenvalue weighted by atomic mass is 16.7. The largest absolute Gasteiger partial charge is 0.466 e. The Morgan fingerprint density at radius 1 is 1.29 bits per heavy atom. The third kappa shape index (κ3) is 9.72. The van der Waals surface area contributed by atoms with Crippen molar-refractivity contribution in [3.63, 3.8) is 0 Å². The van der Waals surface area contributed by atoms with Gasteiger partial charge in [-0.3, -0.25) is 4.79 Å². The van der Waals surface area contributed by atoms with Crippen molar-refractivity contribution in [3.8, 4) is 0 Å². The molecule has 7 heteroatoms. The number of esters is 1. The Bertz CT molecular complexity index is 387. The monoisotopic (exact) mass is 345 g/mol. The van der Waals surface area contributed by atoms with Gasteiger partial charge in [-0.15, -0.1) is 0 Å². The summed E-state index contributed by atoms with van der Waals surface area (Å²) in [6.45, 7) is 8.54. The van der Waals surface area contributed by atoms with Crippen LogP contribution in [0.3, 0.4) is 0 Å². The summed E-state index contributed by atoms with van der Waals surface area (Å²) in [6.07, 6.45) is 2.39. The van der Waals surface area contributed by atoms with Gasteiger partial charge in [0.2, 0.25) is 0 Å². The van der Waals surface area contributed by atoms with Gasteiger partial charge in [0.15, 0.2) is 6.29 Å². The van der Waals surface area contributed by atoms with Crippen LogP contribution >= 0.6 is 0 Å². The molecule has 1 saturated heterocycles. The fourth-order valence-corrected chi connectivity index (χ4v) is 2.31. The number of ether oxygens (including phenoxy) is 4. The van der Waals surface area contributed by atoms with E-state index < -0.39 is 11.7 Å². The number of carbonyl (C=O) groups is 2. The van der Waals surface area contributed by atoms with Crippen LogP contribution in [0.4, 0.5) is 4.79 Å². The van der Waals surface area contributed by atoms with Crippen LogP contribution in [-0.4, -0.2) is 49.8 Å². The zero-order chi connectivity index (χ0) is 18.0. The van der Waals surface area contributed by atoms with E-state index in [2.05, 4.69) is 5.32 Å². The summed E-state index contributed by atoms with van der Waals surface area (Å²) in [6, 6.07) is 0. The predicted octanol–water partition coefficient (Wildman–Crippen LogP) is 2.77. The summed E-state index contributed by atoms with van der Waals surface area (Å²) >= 11 is 0. The molecule has 2 atom stereocenters. The van der Waals surface area contributed by atoms with E-state index in [0.29, 0.717) is 26.2 Å². The van der Waals surface area contributed by atoms with E-state index in [-0.39, 0.29) is 24.8 Å². The Hall–Kier alpha value is -1.34. The van der Waals surface area contributed by atoms with Crippen molar-refractivity contribution in [1.29, 1.82) is 0 Å². The number of nitrogens with one attached hydrogen (secondary N) is 1. The van der Waals surface area contributed by atoms with Crippen LogP contribution in [0.25, 0.3) is 0 Å². The topological polar surface area (TPSA) is 83.1 Å². The van der Waals surface area contributed by atoms with Crippen LogP contribution in [0, 0.1) is 0 Å². The van der Waals surface area contributed by atoms with Gasteiger partial charge in [0, 0.05) is 13.2 Å². The smallest absolute Gasteiger partial charge is 0.407 e. The van der Waals surface area contributed by atoms with Crippen molar-refractivity contribution in [2.75, 3.05) is 19.8 Å². The first kappa shape index (κ1) is 20.7. The van der Waals surface area contributed by atoms with Crippen LogP contribution < -0.4 is 5.32 Å². The Labute approximate surface area is 144 Å². The van der Waals surface area contributed by atoms with Crippen molar-refractivity contribution in [2.24, 2.45) is 0 Å². The molecule has 1 aliphatic rings. The highest BCUT2D eigenvalue weighted by Gasteiger charge is 2.23. The lowest BCUT2D eigenvalue weighted by Gasteiger charge is -2.27. The first-order valence-electron chi connectivity index (χ1n) is 8.69. The van der Waals surface area contributed by atoms with Gasteiger partial charge in [0.25, 0.3) is 0 Å². The quantitative estimate of drug-likeness (QED) is 0.681. The van der Waals surface area contributed by atoms with Crippen LogP contribution in [0.1, 0.15) is 59.8 Å². The lowest BCUT2D eigenvalue weighted by molar-refractivity contribution is -0.193. The molecule has 7 nitrogen and oxygen atoms in total. The predicted molar refractivity (Wildman–Crippen MR) is 88.6 cm³/mol. The Balaban J connectivity index is 2.42. The molecule has 0 aliphatic carbocycles. The van der Waals surface area contributed by atoms with Gasteiger partial charge in [-0.25, -0.2) is 4.79 Å². The average molecular weight is 345 g/mol. The first-order chi connectivity index (χ1) is 11.3. The normalized spacial score (nSPS) is 19.4. The zero-order valence-electron chi connectivity index (χ0n) is 15.3. The van der Waals surface area contributed by atoms with E-state index in [9.17, 15) is 9.59 Å². The van der Waals surface area contributed by atoms with Gasteiger partial charge < -0.3 is 24.3 Å². The Morgan fingerprint density at radius 2 is 2.04 bits per heavy atom. The van der Waals surface area contributed by atoms with Crippen molar-refractivity contribution < 1.29 is 28.5 Å². The third-order valence-electron chi connectivity index (χ3n) is 3.32. The van der Waals surface area contributed by atoms with Gasteiger partial charge in [-0.2, -0.15) is 0 Å². The average Bonchev–Trinajstić information content (AvgIpc) is 2.46. The van der Waals surface area contributed by atoms with Crippen molar-refractivity contribution in [1.82, 2.24) is 5.32 Å². The second-order valence-electron chi connectivity index (χ2n) is 6.78. The van der Waals surface area contributed by atoms with Gasteiger partial charge in [-0.05, 0) is 53.4 Å². The van der Waals surface area contributed by atoms with Gasteiger partial charge >= 0.3 is 12.1 Å². The highest BCUT2D eigenvalue weighted by molar-refractivity contribution is 5.70. The molecule has 0 aromatic carbocycles. The van der Waals surface area contributed by atoms with Crippen LogP contribution in [0.5, 0.6) is 0 Å². The van der Waals surface area contributed by atoms with E-state index >= 15 is 0 Å². The van der Waals surface area contributed by atoms with E-state index in [4.69, 9.17) is 18.9 Å². The minimum Gasteiger partial charge on any atom is -0.466 e. The number of hydrogen-bond acceptors (Lipinski definition) is 6. The molecular weight excluding hydrogens is 314 g/mol. The van der Waals surface area contributed by atoms with Crippen molar-refractivity contribution >= 4 is 12.1 Å². The summed E-state index contributed by atoms with van der Waals surface area (Å²) in [5.74, 6) is -0.310. The van der Waals surface area contributed by atoms with Gasteiger partial charge in [0.05, 0.1) is 19.1 Å². The molecule has 0 spiro atoms. The summed E-state index contributed by atoms with van der Waals surface area (Å²) in [5.41, 5.74) is -0.541. The fraction of sp³-hybridized carbons (Fsp3) is 0.882. The molecule has 1 unspecified atom stereocenters. The van der Waals surface area contributed by atoms with E-state index in [1.165, 1.54) is 0 Å². The molecule has 0 saturated carbocycles. The van der Waals surface area contributed by atoms with Crippen LogP contribution in [0.2, 0.25) is 0 Å². The minimum absolute atomic E-state index is 0.143. The number of carbonyl (C=O) groups excluding carboxylic acids is 2. The molecule has 24 heavy (non-hydrogen) atoms. The van der Waals surface area contributed by atoms with Crippen LogP contribution in [0.15, 0.2) is 0 Å². The van der Waals surface area contributed by atoms with Crippen molar-refractivity contribution in [2.45, 2.75) is 77.8 Å². The summed E-state index contributed by atoms with van der Waals surface area (Å²) in [5, 5.41) is 2.68. The highest BCUT2D eigenvalue weighted by Crippen LogP contribution is 2.18. The lowest BCUT2D eigenvalue weighted by Crippen LogP contribution is -2.36. The molecule has 1 fully saturated rings. The van der Waals surface area contributed by atoms with Gasteiger partial charge in [0.1, 0.15) is 5.60 Å². The molecule has 140 valence electrons. The number of hydrogen-bond donors (Lipinski definition) is 1. The molecule has 0 aromatic heterocycles.